The standard InChI is InChI=1S/C15H15N3O/c1-2-19-13-8-12-10(14(16)15(13)17)7-9-5-3-4-6-11(9)18-12/h3-8H,2,16-17H2,1H3. The Balaban J connectivity index is 2.37. The summed E-state index contributed by atoms with van der Waals surface area (Å²) in [7, 11) is 0. The maximum absolute atomic E-state index is 6.10. The van der Waals surface area contributed by atoms with E-state index in [2.05, 4.69) is 4.98 Å². The molecule has 0 aliphatic rings. The second kappa shape index (κ2) is 4.31. The fraction of sp³-hybridized carbons (Fsp3) is 0.133. The quantitative estimate of drug-likeness (QED) is 0.544. The van der Waals surface area contributed by atoms with Gasteiger partial charge in [0.05, 0.1) is 29.0 Å². The number of hydrogen-bond donors (Lipinski definition) is 2. The lowest BCUT2D eigenvalue weighted by Gasteiger charge is -2.12. The molecule has 0 spiro atoms. The first-order valence-corrected chi connectivity index (χ1v) is 6.21. The number of benzene rings is 2. The second-order valence-corrected chi connectivity index (χ2v) is 4.38. The molecule has 4 nitrogen and oxygen atoms in total. The number of rotatable bonds is 2. The van der Waals surface area contributed by atoms with Gasteiger partial charge in [-0.3, -0.25) is 0 Å². The molecule has 2 aromatic carbocycles. The van der Waals surface area contributed by atoms with Crippen molar-refractivity contribution in [2.24, 2.45) is 0 Å². The van der Waals surface area contributed by atoms with Crippen LogP contribution in [0.4, 0.5) is 11.4 Å². The summed E-state index contributed by atoms with van der Waals surface area (Å²) in [6.07, 6.45) is 0. The van der Waals surface area contributed by atoms with Crippen LogP contribution in [0.25, 0.3) is 21.8 Å². The molecule has 0 aliphatic carbocycles. The van der Waals surface area contributed by atoms with Gasteiger partial charge in [0.1, 0.15) is 5.75 Å². The molecule has 4 heteroatoms. The van der Waals surface area contributed by atoms with Gasteiger partial charge in [-0.05, 0) is 19.1 Å². The highest BCUT2D eigenvalue weighted by Gasteiger charge is 2.11. The SMILES string of the molecule is CCOc1cc2nc3ccccc3cc2c(N)c1N. The molecule has 0 saturated heterocycles. The molecule has 1 aromatic heterocycles. The van der Waals surface area contributed by atoms with E-state index in [1.807, 2.05) is 43.3 Å². The van der Waals surface area contributed by atoms with Gasteiger partial charge in [0.25, 0.3) is 0 Å². The first-order valence-electron chi connectivity index (χ1n) is 6.21. The summed E-state index contributed by atoms with van der Waals surface area (Å²) < 4.78 is 5.49. The molecule has 0 fully saturated rings. The van der Waals surface area contributed by atoms with E-state index < -0.39 is 0 Å². The first kappa shape index (κ1) is 11.6. The smallest absolute Gasteiger partial charge is 0.146 e. The van der Waals surface area contributed by atoms with Gasteiger partial charge >= 0.3 is 0 Å². The van der Waals surface area contributed by atoms with Crippen molar-refractivity contribution < 1.29 is 4.74 Å². The van der Waals surface area contributed by atoms with Crippen molar-refractivity contribution >= 4 is 33.2 Å². The molecule has 0 unspecified atom stereocenters. The van der Waals surface area contributed by atoms with Crippen molar-refractivity contribution in [2.75, 3.05) is 18.1 Å². The fourth-order valence-electron chi connectivity index (χ4n) is 2.21. The van der Waals surface area contributed by atoms with Gasteiger partial charge in [-0.25, -0.2) is 4.98 Å². The van der Waals surface area contributed by atoms with E-state index in [1.54, 1.807) is 0 Å². The minimum atomic E-state index is 0.478. The summed E-state index contributed by atoms with van der Waals surface area (Å²) >= 11 is 0. The highest BCUT2D eigenvalue weighted by molar-refractivity contribution is 6.04. The van der Waals surface area contributed by atoms with Crippen molar-refractivity contribution in [3.05, 3.63) is 36.4 Å². The van der Waals surface area contributed by atoms with Crippen molar-refractivity contribution in [3.8, 4) is 5.75 Å². The lowest BCUT2D eigenvalue weighted by molar-refractivity contribution is 0.342. The molecule has 19 heavy (non-hydrogen) atoms. The molecule has 3 rings (SSSR count). The van der Waals surface area contributed by atoms with Crippen LogP contribution in [0.2, 0.25) is 0 Å². The number of fused-ring (bicyclic) bond motifs is 2. The maximum Gasteiger partial charge on any atom is 0.146 e. The van der Waals surface area contributed by atoms with E-state index in [0.717, 1.165) is 21.8 Å². The first-order chi connectivity index (χ1) is 9.20. The van der Waals surface area contributed by atoms with Gasteiger partial charge in [0, 0.05) is 16.8 Å². The van der Waals surface area contributed by atoms with Crippen LogP contribution in [0.1, 0.15) is 6.92 Å². The largest absolute Gasteiger partial charge is 0.492 e. The van der Waals surface area contributed by atoms with Crippen LogP contribution in [-0.2, 0) is 0 Å². The van der Waals surface area contributed by atoms with Gasteiger partial charge in [-0.2, -0.15) is 0 Å². The maximum atomic E-state index is 6.10. The molecule has 0 bridgehead atoms. The Kier molecular flexibility index (Phi) is 2.63. The lowest BCUT2D eigenvalue weighted by atomic mass is 10.1. The van der Waals surface area contributed by atoms with Gasteiger partial charge in [-0.1, -0.05) is 18.2 Å². The molecular weight excluding hydrogens is 238 g/mol. The van der Waals surface area contributed by atoms with Crippen LogP contribution in [0, 0.1) is 0 Å². The Labute approximate surface area is 111 Å². The second-order valence-electron chi connectivity index (χ2n) is 4.38. The van der Waals surface area contributed by atoms with Crippen LogP contribution < -0.4 is 16.2 Å². The number of pyridine rings is 1. The Hall–Kier alpha value is -2.49. The number of anilines is 2. The summed E-state index contributed by atoms with van der Waals surface area (Å²) in [6.45, 7) is 2.45. The summed E-state index contributed by atoms with van der Waals surface area (Å²) in [5, 5.41) is 1.91. The number of nitrogens with zero attached hydrogens (tertiary/aromatic N) is 1. The van der Waals surface area contributed by atoms with E-state index in [9.17, 15) is 0 Å². The number of hydrogen-bond acceptors (Lipinski definition) is 4. The summed E-state index contributed by atoms with van der Waals surface area (Å²) in [4.78, 5) is 4.61. The zero-order chi connectivity index (χ0) is 13.4. The fourth-order valence-corrected chi connectivity index (χ4v) is 2.21. The molecule has 0 atom stereocenters. The Morgan fingerprint density at radius 2 is 1.84 bits per heavy atom. The van der Waals surface area contributed by atoms with Crippen molar-refractivity contribution in [1.82, 2.24) is 4.98 Å². The van der Waals surface area contributed by atoms with Gasteiger partial charge in [-0.15, -0.1) is 0 Å². The number of ether oxygens (including phenoxy) is 1. The molecule has 0 saturated carbocycles. The van der Waals surface area contributed by atoms with E-state index in [1.165, 1.54) is 0 Å². The van der Waals surface area contributed by atoms with E-state index in [4.69, 9.17) is 16.2 Å². The highest BCUT2D eigenvalue weighted by atomic mass is 16.5. The van der Waals surface area contributed by atoms with Gasteiger partial charge < -0.3 is 16.2 Å². The number of nitrogens with two attached hydrogens (primary N) is 2. The van der Waals surface area contributed by atoms with E-state index in [0.29, 0.717) is 23.7 Å². The van der Waals surface area contributed by atoms with Crippen molar-refractivity contribution in [1.29, 1.82) is 0 Å². The van der Waals surface area contributed by atoms with Gasteiger partial charge in [0.2, 0.25) is 0 Å². The number of nitrogen functional groups attached to an aromatic ring is 2. The van der Waals surface area contributed by atoms with Crippen LogP contribution >= 0.6 is 0 Å². The molecular formula is C15H15N3O. The van der Waals surface area contributed by atoms with Crippen molar-refractivity contribution in [3.63, 3.8) is 0 Å². The van der Waals surface area contributed by atoms with E-state index >= 15 is 0 Å². The van der Waals surface area contributed by atoms with Gasteiger partial charge in [0.15, 0.2) is 0 Å². The zero-order valence-electron chi connectivity index (χ0n) is 10.7. The number of aromatic nitrogens is 1. The monoisotopic (exact) mass is 253 g/mol. The van der Waals surface area contributed by atoms with E-state index in [-0.39, 0.29) is 0 Å². The summed E-state index contributed by atoms with van der Waals surface area (Å²) in [6, 6.07) is 11.8. The highest BCUT2D eigenvalue weighted by Crippen LogP contribution is 2.36. The molecule has 0 radical (unpaired) electrons. The minimum Gasteiger partial charge on any atom is -0.492 e. The normalized spacial score (nSPS) is 11.0. The Bertz CT molecular complexity index is 768. The van der Waals surface area contributed by atoms with Crippen LogP contribution in [0.15, 0.2) is 36.4 Å². The molecule has 1 heterocycles. The third-order valence-corrected chi connectivity index (χ3v) is 3.17. The Morgan fingerprint density at radius 3 is 2.63 bits per heavy atom. The predicted molar refractivity (Wildman–Crippen MR) is 79.2 cm³/mol. The zero-order valence-corrected chi connectivity index (χ0v) is 10.7. The topological polar surface area (TPSA) is 74.2 Å². The van der Waals surface area contributed by atoms with Crippen LogP contribution in [0.3, 0.4) is 0 Å². The van der Waals surface area contributed by atoms with Crippen molar-refractivity contribution in [2.45, 2.75) is 6.92 Å². The summed E-state index contributed by atoms with van der Waals surface area (Å²) in [5.74, 6) is 0.593. The molecule has 96 valence electrons. The molecule has 0 amide bonds. The average Bonchev–Trinajstić information content (AvgIpc) is 2.43. The van der Waals surface area contributed by atoms with Crippen LogP contribution in [0.5, 0.6) is 5.75 Å². The third-order valence-electron chi connectivity index (χ3n) is 3.17. The lowest BCUT2D eigenvalue weighted by Crippen LogP contribution is -2.02. The predicted octanol–water partition coefficient (Wildman–Crippen LogP) is 2.95. The Morgan fingerprint density at radius 1 is 1.05 bits per heavy atom. The molecule has 0 aliphatic heterocycles. The number of para-hydroxylation sites is 1. The average molecular weight is 253 g/mol. The van der Waals surface area contributed by atoms with Crippen LogP contribution in [-0.4, -0.2) is 11.6 Å². The minimum absolute atomic E-state index is 0.478. The summed E-state index contributed by atoms with van der Waals surface area (Å²) in [5.41, 5.74) is 14.8. The molecule has 4 N–H and O–H groups in total. The third kappa shape index (κ3) is 1.81. The molecule has 3 aromatic rings.